The number of benzene rings is 3. The first-order chi connectivity index (χ1) is 20.6. The topological polar surface area (TPSA) is 20.9 Å². The lowest BCUT2D eigenvalue weighted by Crippen LogP contribution is -2.71. The number of aromatic nitrogens is 2. The fraction of sp³-hybridized carbons (Fsp3) is 0.211. The monoisotopic (exact) mass is 534 g/mol. The Hall–Kier alpha value is -4.50. The maximum atomic E-state index is 9.18. The number of allylic oxidation sites excluding steroid dienone is 1. The van der Waals surface area contributed by atoms with Gasteiger partial charge in [0.15, 0.2) is 12.4 Å². The highest BCUT2D eigenvalue weighted by Crippen LogP contribution is 2.51. The Kier molecular flexibility index (Phi) is 3.95. The SMILES string of the molecule is [2H]C([2H])(c1cc[n+]2c(c1)-c1c(ccc3c1oc1c4c(ccc13)CC(C)=C4)C21c2ccccc2-c2cccc[n+]21)C(C)(C)C. The summed E-state index contributed by atoms with van der Waals surface area (Å²) in [5.74, 6) is 0. The average molecular weight is 535 g/mol. The van der Waals surface area contributed by atoms with Crippen LogP contribution in [0.5, 0.6) is 0 Å². The lowest BCUT2D eigenvalue weighted by molar-refractivity contribution is -0.955. The van der Waals surface area contributed by atoms with Gasteiger partial charge in [-0.25, -0.2) is 0 Å². The van der Waals surface area contributed by atoms with Crippen LogP contribution >= 0.6 is 0 Å². The van der Waals surface area contributed by atoms with Crippen molar-refractivity contribution in [1.29, 1.82) is 0 Å². The van der Waals surface area contributed by atoms with E-state index in [-0.39, 0.29) is 0 Å². The normalized spacial score (nSPS) is 19.1. The second kappa shape index (κ2) is 7.61. The molecule has 1 atom stereocenters. The maximum Gasteiger partial charge on any atom is 0.417 e. The molecule has 0 fully saturated rings. The highest BCUT2D eigenvalue weighted by molar-refractivity contribution is 6.12. The van der Waals surface area contributed by atoms with Crippen molar-refractivity contribution in [3.05, 3.63) is 125 Å². The zero-order chi connectivity index (χ0) is 29.5. The minimum Gasteiger partial charge on any atom is -0.454 e. The number of pyridine rings is 2. The average Bonchev–Trinajstić information content (AvgIpc) is 3.71. The number of fused-ring (bicyclic) bond motifs is 16. The number of hydrogen-bond acceptors (Lipinski definition) is 1. The van der Waals surface area contributed by atoms with E-state index in [2.05, 4.69) is 107 Å². The van der Waals surface area contributed by atoms with Crippen LogP contribution in [0.3, 0.4) is 0 Å². The Morgan fingerprint density at radius 1 is 0.829 bits per heavy atom. The van der Waals surface area contributed by atoms with E-state index >= 15 is 0 Å². The van der Waals surface area contributed by atoms with Gasteiger partial charge in [-0.3, -0.25) is 0 Å². The van der Waals surface area contributed by atoms with Crippen LogP contribution in [0.4, 0.5) is 0 Å². The smallest absolute Gasteiger partial charge is 0.417 e. The molecule has 3 aromatic carbocycles. The van der Waals surface area contributed by atoms with Gasteiger partial charge in [-0.2, -0.15) is 0 Å². The summed E-state index contributed by atoms with van der Waals surface area (Å²) in [6.07, 6.45) is 5.95. The van der Waals surface area contributed by atoms with E-state index in [1.807, 2.05) is 26.8 Å². The molecular weight excluding hydrogens is 500 g/mol. The van der Waals surface area contributed by atoms with Crippen LogP contribution in [0, 0.1) is 5.41 Å². The Balaban J connectivity index is 1.46. The van der Waals surface area contributed by atoms with Gasteiger partial charge in [0.25, 0.3) is 0 Å². The second-order valence-corrected chi connectivity index (χ2v) is 12.9. The summed E-state index contributed by atoms with van der Waals surface area (Å²) in [5, 5.41) is 2.21. The summed E-state index contributed by atoms with van der Waals surface area (Å²) >= 11 is 0. The number of hydrogen-bond donors (Lipinski definition) is 0. The molecule has 3 heteroatoms. The fourth-order valence-electron chi connectivity index (χ4n) is 7.64. The number of furan rings is 1. The van der Waals surface area contributed by atoms with Gasteiger partial charge < -0.3 is 4.42 Å². The van der Waals surface area contributed by atoms with Gasteiger partial charge in [-0.1, -0.05) is 56.7 Å². The standard InChI is InChI=1S/C38H32N2O/c1-23-19-25-12-13-26-27-14-15-31-34(36(27)41-35(26)29(25)20-23)33-21-24(22-37(2,3)4)16-18-40(33)38(31)30-10-6-5-9-28(30)32-11-7-8-17-39(32)38/h5-18,20-21H,19,22H2,1-4H3/q+2/i22D2. The van der Waals surface area contributed by atoms with Crippen LogP contribution in [0.1, 0.15) is 58.3 Å². The van der Waals surface area contributed by atoms with Crippen molar-refractivity contribution < 1.29 is 16.3 Å². The van der Waals surface area contributed by atoms with Crippen molar-refractivity contribution in [2.45, 2.75) is 46.2 Å². The molecule has 3 nitrogen and oxygen atoms in total. The molecule has 0 saturated heterocycles. The van der Waals surface area contributed by atoms with Gasteiger partial charge in [0.05, 0.1) is 5.56 Å². The van der Waals surface area contributed by atoms with Crippen molar-refractivity contribution in [2.75, 3.05) is 0 Å². The molecule has 2 aliphatic heterocycles. The summed E-state index contributed by atoms with van der Waals surface area (Å²) < 4.78 is 30.0. The van der Waals surface area contributed by atoms with Crippen LogP contribution < -0.4 is 9.13 Å². The van der Waals surface area contributed by atoms with E-state index in [9.17, 15) is 2.74 Å². The van der Waals surface area contributed by atoms with Crippen molar-refractivity contribution in [2.24, 2.45) is 5.41 Å². The van der Waals surface area contributed by atoms with Crippen LogP contribution in [0.2, 0.25) is 0 Å². The maximum absolute atomic E-state index is 9.18. The highest BCUT2D eigenvalue weighted by atomic mass is 16.3. The molecule has 1 spiro atoms. The predicted octanol–water partition coefficient (Wildman–Crippen LogP) is 7.97. The molecule has 0 amide bonds. The molecule has 3 aromatic heterocycles. The number of nitrogens with zero attached hydrogens (tertiary/aromatic N) is 2. The van der Waals surface area contributed by atoms with E-state index in [0.717, 1.165) is 50.9 Å². The lowest BCUT2D eigenvalue weighted by Gasteiger charge is -2.19. The minimum atomic E-state index is -1.54. The highest BCUT2D eigenvalue weighted by Gasteiger charge is 2.67. The van der Waals surface area contributed by atoms with Gasteiger partial charge in [-0.05, 0) is 66.6 Å². The molecule has 1 aliphatic carbocycles. The molecule has 198 valence electrons. The zero-order valence-electron chi connectivity index (χ0n) is 25.7. The summed E-state index contributed by atoms with van der Waals surface area (Å²) in [5.41, 5.74) is 11.7. The molecule has 3 aliphatic rings. The first kappa shape index (κ1) is 21.3. The first-order valence-electron chi connectivity index (χ1n) is 15.5. The molecule has 6 aromatic rings. The van der Waals surface area contributed by atoms with E-state index in [0.29, 0.717) is 5.56 Å². The Labute approximate surface area is 242 Å². The quantitative estimate of drug-likeness (QED) is 0.196. The van der Waals surface area contributed by atoms with Crippen LogP contribution in [0.25, 0.3) is 50.5 Å². The van der Waals surface area contributed by atoms with E-state index in [1.54, 1.807) is 0 Å². The molecule has 5 heterocycles. The number of rotatable bonds is 1. The lowest BCUT2D eigenvalue weighted by atomic mass is 9.88. The molecule has 1 unspecified atom stereocenters. The minimum absolute atomic E-state index is 0.581. The molecule has 41 heavy (non-hydrogen) atoms. The molecule has 0 radical (unpaired) electrons. The molecule has 0 bridgehead atoms. The molecule has 9 rings (SSSR count). The van der Waals surface area contributed by atoms with Crippen LogP contribution in [-0.2, 0) is 18.5 Å². The van der Waals surface area contributed by atoms with Gasteiger partial charge in [-0.15, -0.1) is 9.13 Å². The van der Waals surface area contributed by atoms with Crippen LogP contribution in [0.15, 0.2) is 101 Å². The summed E-state index contributed by atoms with van der Waals surface area (Å²) in [4.78, 5) is 0. The second-order valence-electron chi connectivity index (χ2n) is 12.9. The van der Waals surface area contributed by atoms with Crippen molar-refractivity contribution in [3.8, 4) is 22.5 Å². The van der Waals surface area contributed by atoms with Gasteiger partial charge in [0.1, 0.15) is 27.9 Å². The van der Waals surface area contributed by atoms with Gasteiger partial charge in [0.2, 0.25) is 11.4 Å². The molecular formula is C38H32N2O+2. The van der Waals surface area contributed by atoms with Crippen molar-refractivity contribution in [3.63, 3.8) is 0 Å². The molecule has 0 saturated carbocycles. The largest absolute Gasteiger partial charge is 0.454 e. The fourth-order valence-corrected chi connectivity index (χ4v) is 7.64. The Bertz CT molecular complexity index is 2200. The van der Waals surface area contributed by atoms with E-state index < -0.39 is 17.5 Å². The summed E-state index contributed by atoms with van der Waals surface area (Å²) in [7, 11) is 0. The predicted molar refractivity (Wildman–Crippen MR) is 164 cm³/mol. The Morgan fingerprint density at radius 2 is 1.61 bits per heavy atom. The van der Waals surface area contributed by atoms with E-state index in [1.165, 1.54) is 27.8 Å². The Morgan fingerprint density at radius 3 is 2.49 bits per heavy atom. The van der Waals surface area contributed by atoms with Crippen molar-refractivity contribution in [1.82, 2.24) is 0 Å². The van der Waals surface area contributed by atoms with Gasteiger partial charge in [0, 0.05) is 43.3 Å². The zero-order valence-corrected chi connectivity index (χ0v) is 23.7. The third-order valence-electron chi connectivity index (χ3n) is 9.04. The third kappa shape index (κ3) is 2.89. The molecule has 0 N–H and O–H groups in total. The summed E-state index contributed by atoms with van der Waals surface area (Å²) in [6, 6.07) is 28.1. The first-order valence-corrected chi connectivity index (χ1v) is 14.5. The van der Waals surface area contributed by atoms with Crippen LogP contribution in [-0.4, -0.2) is 0 Å². The van der Waals surface area contributed by atoms with Gasteiger partial charge >= 0.3 is 5.66 Å². The van der Waals surface area contributed by atoms with E-state index in [4.69, 9.17) is 4.42 Å². The van der Waals surface area contributed by atoms with Crippen molar-refractivity contribution >= 4 is 28.0 Å². The third-order valence-corrected chi connectivity index (χ3v) is 9.04. The summed E-state index contributed by atoms with van der Waals surface area (Å²) in [6.45, 7) is 8.08.